The molecule has 0 radical (unpaired) electrons. The van der Waals surface area contributed by atoms with E-state index in [9.17, 15) is 4.79 Å². The van der Waals surface area contributed by atoms with Crippen molar-refractivity contribution in [1.82, 2.24) is 0 Å². The largest absolute Gasteiger partial charge is 0.497 e. The van der Waals surface area contributed by atoms with Crippen molar-refractivity contribution in [3.05, 3.63) is 113 Å². The van der Waals surface area contributed by atoms with E-state index in [4.69, 9.17) is 9.47 Å². The lowest BCUT2D eigenvalue weighted by Gasteiger charge is -2.22. The van der Waals surface area contributed by atoms with Crippen LogP contribution in [0, 0.1) is 12.8 Å². The van der Waals surface area contributed by atoms with Gasteiger partial charge in [0.25, 0.3) is 0 Å². The summed E-state index contributed by atoms with van der Waals surface area (Å²) in [5.74, 6) is 2.12. The summed E-state index contributed by atoms with van der Waals surface area (Å²) in [6.45, 7) is 2.01. The Morgan fingerprint density at radius 1 is 0.867 bits per heavy atom. The van der Waals surface area contributed by atoms with Gasteiger partial charge in [-0.1, -0.05) is 48.1 Å². The molecule has 0 fully saturated rings. The first-order valence-electron chi connectivity index (χ1n) is 10.3. The Morgan fingerprint density at radius 2 is 1.57 bits per heavy atom. The van der Waals surface area contributed by atoms with E-state index in [1.54, 1.807) is 7.11 Å². The summed E-state index contributed by atoms with van der Waals surface area (Å²) in [6.07, 6.45) is 14.7. The molecule has 0 heterocycles. The van der Waals surface area contributed by atoms with Crippen LogP contribution in [0.1, 0.15) is 34.3 Å². The second kappa shape index (κ2) is 9.00. The molecule has 0 bridgehead atoms. The maximum atomic E-state index is 12.6. The van der Waals surface area contributed by atoms with Gasteiger partial charge in [-0.05, 0) is 61.4 Å². The predicted molar refractivity (Wildman–Crippen MR) is 120 cm³/mol. The number of carbonyl (C=O) groups is 1. The topological polar surface area (TPSA) is 35.5 Å². The Morgan fingerprint density at radius 3 is 2.13 bits per heavy atom. The van der Waals surface area contributed by atoms with E-state index in [1.165, 1.54) is 5.57 Å². The highest BCUT2D eigenvalue weighted by Gasteiger charge is 2.17. The lowest BCUT2D eigenvalue weighted by molar-refractivity contribution is 0.103. The van der Waals surface area contributed by atoms with Crippen LogP contribution in [0.5, 0.6) is 5.75 Å². The molecule has 0 amide bonds. The normalized spacial score (nSPS) is 20.3. The molecule has 0 spiro atoms. The molecular weight excluding hydrogens is 372 g/mol. The van der Waals surface area contributed by atoms with E-state index >= 15 is 0 Å². The van der Waals surface area contributed by atoms with Crippen LogP contribution in [0.3, 0.4) is 0 Å². The highest BCUT2D eigenvalue weighted by atomic mass is 16.5. The first kappa shape index (κ1) is 20.0. The van der Waals surface area contributed by atoms with Crippen LogP contribution in [0.15, 0.2) is 96.3 Å². The number of methoxy groups -OCH3 is 1. The van der Waals surface area contributed by atoms with Crippen LogP contribution in [-0.4, -0.2) is 19.0 Å². The second-order valence-electron chi connectivity index (χ2n) is 7.69. The first-order valence-corrected chi connectivity index (χ1v) is 10.3. The van der Waals surface area contributed by atoms with Crippen LogP contribution in [0.2, 0.25) is 0 Å². The van der Waals surface area contributed by atoms with E-state index in [0.29, 0.717) is 17.0 Å². The van der Waals surface area contributed by atoms with Gasteiger partial charge in [0.15, 0.2) is 5.78 Å². The summed E-state index contributed by atoms with van der Waals surface area (Å²) < 4.78 is 11.3. The van der Waals surface area contributed by atoms with Gasteiger partial charge < -0.3 is 9.47 Å². The van der Waals surface area contributed by atoms with Crippen LogP contribution in [0.25, 0.3) is 0 Å². The number of ketones is 1. The molecule has 0 aliphatic heterocycles. The Hall–Kier alpha value is -3.33. The lowest BCUT2D eigenvalue weighted by Crippen LogP contribution is -2.16. The molecular formula is C27H26O3. The minimum absolute atomic E-state index is 0.00467. The molecule has 2 aliphatic carbocycles. The average molecular weight is 399 g/mol. The molecule has 2 atom stereocenters. The van der Waals surface area contributed by atoms with Gasteiger partial charge in [0.1, 0.15) is 17.6 Å². The van der Waals surface area contributed by atoms with Crippen molar-refractivity contribution in [3.8, 4) is 5.75 Å². The van der Waals surface area contributed by atoms with Crippen LogP contribution in [-0.2, 0) is 4.74 Å². The summed E-state index contributed by atoms with van der Waals surface area (Å²) >= 11 is 0. The van der Waals surface area contributed by atoms with Crippen molar-refractivity contribution in [3.63, 3.8) is 0 Å². The minimum Gasteiger partial charge on any atom is -0.497 e. The van der Waals surface area contributed by atoms with Gasteiger partial charge in [-0.2, -0.15) is 0 Å². The SMILES string of the molecule is COC1=CCC(C2=CCC(Oc3ccc(C(=O)c4ccc(C)cc4)cc3)C=C2)C=C1. The number of ether oxygens (including phenoxy) is 2. The molecule has 3 nitrogen and oxygen atoms in total. The molecule has 2 aromatic rings. The van der Waals surface area contributed by atoms with E-state index in [-0.39, 0.29) is 11.9 Å². The number of aryl methyl sites for hydroxylation is 1. The van der Waals surface area contributed by atoms with E-state index in [2.05, 4.69) is 30.4 Å². The molecule has 0 saturated carbocycles. The first-order chi connectivity index (χ1) is 14.6. The maximum absolute atomic E-state index is 12.6. The van der Waals surface area contributed by atoms with Gasteiger partial charge in [-0.3, -0.25) is 4.79 Å². The quantitative estimate of drug-likeness (QED) is 0.563. The Kier molecular flexibility index (Phi) is 5.99. The molecule has 0 saturated heterocycles. The number of rotatable bonds is 6. The number of hydrogen-bond acceptors (Lipinski definition) is 3. The second-order valence-corrected chi connectivity index (χ2v) is 7.69. The van der Waals surface area contributed by atoms with Crippen molar-refractivity contribution in [2.75, 3.05) is 7.11 Å². The van der Waals surface area contributed by atoms with Gasteiger partial charge in [-0.15, -0.1) is 0 Å². The van der Waals surface area contributed by atoms with Crippen LogP contribution < -0.4 is 4.74 Å². The third-order valence-electron chi connectivity index (χ3n) is 5.54. The zero-order chi connectivity index (χ0) is 20.9. The Balaban J connectivity index is 1.34. The van der Waals surface area contributed by atoms with Crippen molar-refractivity contribution in [1.29, 1.82) is 0 Å². The van der Waals surface area contributed by atoms with Gasteiger partial charge >= 0.3 is 0 Å². The molecule has 2 unspecified atom stereocenters. The van der Waals surface area contributed by atoms with E-state index < -0.39 is 0 Å². The van der Waals surface area contributed by atoms with Crippen molar-refractivity contribution in [2.45, 2.75) is 25.9 Å². The Bertz CT molecular complexity index is 1020. The van der Waals surface area contributed by atoms with Gasteiger partial charge in [0.05, 0.1) is 7.11 Å². The summed E-state index contributed by atoms with van der Waals surface area (Å²) in [4.78, 5) is 12.6. The highest BCUT2D eigenvalue weighted by Crippen LogP contribution is 2.28. The van der Waals surface area contributed by atoms with Crippen molar-refractivity contribution >= 4 is 5.78 Å². The minimum atomic E-state index is 0.00467. The van der Waals surface area contributed by atoms with Crippen molar-refractivity contribution < 1.29 is 14.3 Å². The average Bonchev–Trinajstić information content (AvgIpc) is 2.80. The number of benzene rings is 2. The summed E-state index contributed by atoms with van der Waals surface area (Å²) in [7, 11) is 1.70. The fourth-order valence-electron chi connectivity index (χ4n) is 3.71. The zero-order valence-electron chi connectivity index (χ0n) is 17.4. The summed E-state index contributed by atoms with van der Waals surface area (Å²) in [6, 6.07) is 15.1. The van der Waals surface area contributed by atoms with Gasteiger partial charge in [-0.25, -0.2) is 0 Å². The molecule has 2 aliphatic rings. The number of hydrogen-bond donors (Lipinski definition) is 0. The zero-order valence-corrected chi connectivity index (χ0v) is 17.4. The van der Waals surface area contributed by atoms with Crippen LogP contribution in [0.4, 0.5) is 0 Å². The van der Waals surface area contributed by atoms with Gasteiger partial charge in [0, 0.05) is 23.5 Å². The smallest absolute Gasteiger partial charge is 0.193 e. The molecule has 30 heavy (non-hydrogen) atoms. The number of carbonyl (C=O) groups excluding carboxylic acids is 1. The third kappa shape index (κ3) is 4.62. The molecule has 2 aromatic carbocycles. The molecule has 0 N–H and O–H groups in total. The Labute approximate surface area is 178 Å². The van der Waals surface area contributed by atoms with Gasteiger partial charge in [0.2, 0.25) is 0 Å². The van der Waals surface area contributed by atoms with Crippen molar-refractivity contribution in [2.24, 2.45) is 5.92 Å². The predicted octanol–water partition coefficient (Wildman–Crippen LogP) is 5.97. The third-order valence-corrected chi connectivity index (χ3v) is 5.54. The molecule has 152 valence electrons. The monoisotopic (exact) mass is 398 g/mol. The molecule has 0 aromatic heterocycles. The van der Waals surface area contributed by atoms with E-state index in [0.717, 1.165) is 29.9 Å². The molecule has 3 heteroatoms. The summed E-state index contributed by atoms with van der Waals surface area (Å²) in [5, 5.41) is 0. The standard InChI is InChI=1S/C27H26O3/c1-19-3-5-22(6-4-19)27(28)23-11-17-26(18-12-23)30-25-15-9-21(10-16-25)20-7-13-24(29-2)14-8-20/h3-7,9-15,17-18,20,25H,8,16H2,1-2H3. The fourth-order valence-corrected chi connectivity index (χ4v) is 3.71. The van der Waals surface area contributed by atoms with E-state index in [1.807, 2.05) is 61.5 Å². The van der Waals surface area contributed by atoms with Crippen LogP contribution >= 0.6 is 0 Å². The lowest BCUT2D eigenvalue weighted by atomic mass is 9.88. The maximum Gasteiger partial charge on any atom is 0.193 e. The summed E-state index contributed by atoms with van der Waals surface area (Å²) in [5.41, 5.74) is 3.83. The number of allylic oxidation sites excluding steroid dienone is 5. The highest BCUT2D eigenvalue weighted by molar-refractivity contribution is 6.09. The fraction of sp³-hybridized carbons (Fsp3) is 0.222. The molecule has 4 rings (SSSR count).